The van der Waals surface area contributed by atoms with Gasteiger partial charge in [0, 0.05) is 13.1 Å². The van der Waals surface area contributed by atoms with Gasteiger partial charge in [0.1, 0.15) is 0 Å². The Bertz CT molecular complexity index is 1030. The minimum Gasteiger partial charge on any atom is -0.452 e. The van der Waals surface area contributed by atoms with Crippen LogP contribution in [0.25, 0.3) is 0 Å². The molecule has 1 heterocycles. The minimum absolute atomic E-state index is 0.121. The van der Waals surface area contributed by atoms with E-state index in [2.05, 4.69) is 0 Å². The number of amides is 3. The lowest BCUT2D eigenvalue weighted by molar-refractivity contribution is -0.134. The maximum Gasteiger partial charge on any atom is 0.338 e. The van der Waals surface area contributed by atoms with Gasteiger partial charge in [-0.25, -0.2) is 9.69 Å². The van der Waals surface area contributed by atoms with E-state index in [-0.39, 0.29) is 29.2 Å². The van der Waals surface area contributed by atoms with Crippen molar-refractivity contribution < 1.29 is 23.9 Å². The van der Waals surface area contributed by atoms with Crippen molar-refractivity contribution >= 4 is 29.4 Å². The second kappa shape index (κ2) is 9.55. The molecule has 0 radical (unpaired) electrons. The third kappa shape index (κ3) is 4.50. The second-order valence-corrected chi connectivity index (χ2v) is 7.40. The monoisotopic (exact) mass is 422 g/mol. The Kier molecular flexibility index (Phi) is 6.84. The lowest BCUT2D eigenvalue weighted by atomic mass is 10.1. The highest BCUT2D eigenvalue weighted by atomic mass is 16.5. The number of rotatable bonds is 8. The number of fused-ring (bicyclic) bond motifs is 1. The van der Waals surface area contributed by atoms with Crippen molar-refractivity contribution in [1.82, 2.24) is 4.90 Å². The molecule has 0 aromatic heterocycles. The van der Waals surface area contributed by atoms with E-state index in [9.17, 15) is 19.2 Å². The summed E-state index contributed by atoms with van der Waals surface area (Å²) in [5, 5.41) is 0. The van der Waals surface area contributed by atoms with Crippen molar-refractivity contribution in [2.45, 2.75) is 33.6 Å². The summed E-state index contributed by atoms with van der Waals surface area (Å²) in [4.78, 5) is 53.2. The SMILES string of the molecule is CCCCN(CC)C(=O)COC(=O)c1ccc2c(c1)C(=O)N(c1ccccc1C)C2=O. The van der Waals surface area contributed by atoms with E-state index < -0.39 is 17.8 Å². The first-order chi connectivity index (χ1) is 14.9. The van der Waals surface area contributed by atoms with E-state index in [0.717, 1.165) is 23.3 Å². The third-order valence-electron chi connectivity index (χ3n) is 5.32. The van der Waals surface area contributed by atoms with Crippen LogP contribution in [0.2, 0.25) is 0 Å². The maximum absolute atomic E-state index is 12.9. The lowest BCUT2D eigenvalue weighted by Gasteiger charge is -2.20. The standard InChI is InChI=1S/C24H26N2O5/c1-4-6-13-25(5-2)21(27)15-31-24(30)17-11-12-18-19(14-17)23(29)26(22(18)28)20-10-8-7-9-16(20)3/h7-12,14H,4-6,13,15H2,1-3H3. The van der Waals surface area contributed by atoms with Crippen LogP contribution < -0.4 is 4.90 Å². The number of unbranched alkanes of at least 4 members (excludes halogenated alkanes) is 1. The summed E-state index contributed by atoms with van der Waals surface area (Å²) < 4.78 is 5.17. The Balaban J connectivity index is 1.74. The summed E-state index contributed by atoms with van der Waals surface area (Å²) in [6.07, 6.45) is 1.84. The largest absolute Gasteiger partial charge is 0.452 e. The fraction of sp³-hybridized carbons (Fsp3) is 0.333. The predicted octanol–water partition coefficient (Wildman–Crippen LogP) is 3.60. The van der Waals surface area contributed by atoms with Gasteiger partial charge >= 0.3 is 5.97 Å². The Morgan fingerprint density at radius 1 is 1.00 bits per heavy atom. The summed E-state index contributed by atoms with van der Waals surface area (Å²) in [5.41, 5.74) is 1.80. The zero-order chi connectivity index (χ0) is 22.5. The van der Waals surface area contributed by atoms with Crippen molar-refractivity contribution in [3.8, 4) is 0 Å². The molecule has 0 spiro atoms. The zero-order valence-electron chi connectivity index (χ0n) is 18.0. The molecule has 0 fully saturated rings. The molecule has 0 atom stereocenters. The summed E-state index contributed by atoms with van der Waals surface area (Å²) in [6, 6.07) is 11.3. The molecule has 0 saturated carbocycles. The molecule has 1 aliphatic heterocycles. The lowest BCUT2D eigenvalue weighted by Crippen LogP contribution is -2.35. The van der Waals surface area contributed by atoms with Gasteiger partial charge in [-0.05, 0) is 50.1 Å². The van der Waals surface area contributed by atoms with Gasteiger partial charge in [0.2, 0.25) is 0 Å². The molecule has 0 aliphatic carbocycles. The number of imide groups is 1. The van der Waals surface area contributed by atoms with E-state index >= 15 is 0 Å². The number of para-hydroxylation sites is 1. The Hall–Kier alpha value is -3.48. The fourth-order valence-electron chi connectivity index (χ4n) is 3.51. The Morgan fingerprint density at radius 2 is 1.71 bits per heavy atom. The minimum atomic E-state index is -0.711. The topological polar surface area (TPSA) is 84.0 Å². The van der Waals surface area contributed by atoms with Crippen LogP contribution in [0.4, 0.5) is 5.69 Å². The van der Waals surface area contributed by atoms with Gasteiger partial charge < -0.3 is 9.64 Å². The molecule has 0 N–H and O–H groups in total. The molecular weight excluding hydrogens is 396 g/mol. The number of nitrogens with zero attached hydrogens (tertiary/aromatic N) is 2. The molecule has 2 aromatic carbocycles. The highest BCUT2D eigenvalue weighted by Crippen LogP contribution is 2.31. The molecule has 162 valence electrons. The number of hydrogen-bond acceptors (Lipinski definition) is 5. The van der Waals surface area contributed by atoms with Crippen LogP contribution >= 0.6 is 0 Å². The number of hydrogen-bond donors (Lipinski definition) is 0. The van der Waals surface area contributed by atoms with Crippen LogP contribution in [-0.2, 0) is 9.53 Å². The number of esters is 1. The van der Waals surface area contributed by atoms with Crippen molar-refractivity contribution in [3.63, 3.8) is 0 Å². The van der Waals surface area contributed by atoms with E-state index in [0.29, 0.717) is 18.8 Å². The van der Waals surface area contributed by atoms with Gasteiger partial charge in [-0.2, -0.15) is 0 Å². The smallest absolute Gasteiger partial charge is 0.338 e. The third-order valence-corrected chi connectivity index (χ3v) is 5.32. The summed E-state index contributed by atoms with van der Waals surface area (Å²) in [5.74, 6) is -1.89. The molecule has 2 aromatic rings. The highest BCUT2D eigenvalue weighted by molar-refractivity contribution is 6.34. The predicted molar refractivity (Wildman–Crippen MR) is 116 cm³/mol. The van der Waals surface area contributed by atoms with E-state index in [1.807, 2.05) is 32.9 Å². The van der Waals surface area contributed by atoms with Crippen LogP contribution in [0.5, 0.6) is 0 Å². The first-order valence-corrected chi connectivity index (χ1v) is 10.4. The molecule has 0 unspecified atom stereocenters. The van der Waals surface area contributed by atoms with Crippen molar-refractivity contribution in [3.05, 3.63) is 64.7 Å². The molecule has 3 rings (SSSR count). The normalized spacial score (nSPS) is 12.7. The van der Waals surface area contributed by atoms with E-state index in [1.54, 1.807) is 17.0 Å². The van der Waals surface area contributed by atoms with Crippen LogP contribution in [0.15, 0.2) is 42.5 Å². The summed E-state index contributed by atoms with van der Waals surface area (Å²) in [7, 11) is 0. The van der Waals surface area contributed by atoms with Crippen LogP contribution in [0, 0.1) is 6.92 Å². The first kappa shape index (κ1) is 22.2. The van der Waals surface area contributed by atoms with Gasteiger partial charge in [-0.1, -0.05) is 31.5 Å². The molecular formula is C24H26N2O5. The molecule has 31 heavy (non-hydrogen) atoms. The highest BCUT2D eigenvalue weighted by Gasteiger charge is 2.37. The summed E-state index contributed by atoms with van der Waals surface area (Å²) in [6.45, 7) is 6.53. The van der Waals surface area contributed by atoms with Gasteiger partial charge in [0.15, 0.2) is 6.61 Å². The number of ether oxygens (including phenoxy) is 1. The van der Waals surface area contributed by atoms with Gasteiger partial charge in [-0.15, -0.1) is 0 Å². The number of anilines is 1. The second-order valence-electron chi connectivity index (χ2n) is 7.40. The Labute approximate surface area is 181 Å². The van der Waals surface area contributed by atoms with Gasteiger partial charge in [0.05, 0.1) is 22.4 Å². The van der Waals surface area contributed by atoms with Crippen molar-refractivity contribution in [2.75, 3.05) is 24.6 Å². The molecule has 7 heteroatoms. The fourth-order valence-corrected chi connectivity index (χ4v) is 3.51. The van der Waals surface area contributed by atoms with Crippen molar-refractivity contribution in [2.24, 2.45) is 0 Å². The van der Waals surface area contributed by atoms with Crippen LogP contribution in [0.3, 0.4) is 0 Å². The average molecular weight is 422 g/mol. The number of carbonyl (C=O) groups is 4. The van der Waals surface area contributed by atoms with Crippen LogP contribution in [-0.4, -0.2) is 48.3 Å². The van der Waals surface area contributed by atoms with Crippen molar-refractivity contribution in [1.29, 1.82) is 0 Å². The average Bonchev–Trinajstić information content (AvgIpc) is 3.02. The number of likely N-dealkylation sites (N-methyl/N-ethyl adjacent to an activating group) is 1. The quantitative estimate of drug-likeness (QED) is 0.479. The van der Waals surface area contributed by atoms with E-state index in [1.165, 1.54) is 18.2 Å². The Morgan fingerprint density at radius 3 is 2.39 bits per heavy atom. The molecule has 1 aliphatic rings. The number of benzene rings is 2. The first-order valence-electron chi connectivity index (χ1n) is 10.4. The van der Waals surface area contributed by atoms with Gasteiger partial charge in [0.25, 0.3) is 17.7 Å². The maximum atomic E-state index is 12.9. The molecule has 0 saturated heterocycles. The zero-order valence-corrected chi connectivity index (χ0v) is 18.0. The van der Waals surface area contributed by atoms with Gasteiger partial charge in [-0.3, -0.25) is 14.4 Å². The molecule has 0 bridgehead atoms. The van der Waals surface area contributed by atoms with E-state index in [4.69, 9.17) is 4.74 Å². The molecule has 7 nitrogen and oxygen atoms in total. The molecule has 3 amide bonds. The van der Waals surface area contributed by atoms with Crippen LogP contribution in [0.1, 0.15) is 63.3 Å². The number of aryl methyl sites for hydroxylation is 1. The summed E-state index contributed by atoms with van der Waals surface area (Å²) >= 11 is 0. The number of carbonyl (C=O) groups excluding carboxylic acids is 4.